The molecular formula is C29H32N4O. The lowest BCUT2D eigenvalue weighted by atomic mass is 10.1. The van der Waals surface area contributed by atoms with Gasteiger partial charge in [-0.3, -0.25) is 9.69 Å². The van der Waals surface area contributed by atoms with Crippen molar-refractivity contribution in [1.82, 2.24) is 19.4 Å². The fraction of sp³-hybridized carbons (Fsp3) is 0.310. The Balaban J connectivity index is 1.18. The Morgan fingerprint density at radius 2 is 1.38 bits per heavy atom. The maximum Gasteiger partial charge on any atom is 0.222 e. The third-order valence-electron chi connectivity index (χ3n) is 6.71. The maximum absolute atomic E-state index is 12.7. The zero-order valence-corrected chi connectivity index (χ0v) is 19.6. The van der Waals surface area contributed by atoms with Gasteiger partial charge in [-0.25, -0.2) is 4.98 Å². The zero-order valence-electron chi connectivity index (χ0n) is 19.6. The van der Waals surface area contributed by atoms with Gasteiger partial charge in [0.05, 0.1) is 17.6 Å². The van der Waals surface area contributed by atoms with Gasteiger partial charge in [0.25, 0.3) is 0 Å². The molecule has 0 N–H and O–H groups in total. The number of piperazine rings is 1. The van der Waals surface area contributed by atoms with Gasteiger partial charge in [-0.05, 0) is 36.1 Å². The average molecular weight is 453 g/mol. The van der Waals surface area contributed by atoms with E-state index in [1.165, 1.54) is 16.6 Å². The molecule has 1 aromatic heterocycles. The number of hydrogen-bond donors (Lipinski definition) is 0. The van der Waals surface area contributed by atoms with Gasteiger partial charge in [0, 0.05) is 39.1 Å². The molecule has 5 rings (SSSR count). The van der Waals surface area contributed by atoms with E-state index in [9.17, 15) is 4.79 Å². The van der Waals surface area contributed by atoms with Crippen LogP contribution in [0.5, 0.6) is 0 Å². The third kappa shape index (κ3) is 5.37. The number of carbonyl (C=O) groups is 1. The summed E-state index contributed by atoms with van der Waals surface area (Å²) in [6, 6.07) is 29.4. The molecule has 0 bridgehead atoms. The summed E-state index contributed by atoms with van der Waals surface area (Å²) in [6.45, 7) is 4.98. The number of aryl methyl sites for hydroxylation is 1. The topological polar surface area (TPSA) is 41.4 Å². The largest absolute Gasteiger partial charge is 0.340 e. The summed E-state index contributed by atoms with van der Waals surface area (Å²) < 4.78 is 2.34. The van der Waals surface area contributed by atoms with Crippen LogP contribution in [0.2, 0.25) is 0 Å². The molecule has 5 nitrogen and oxygen atoms in total. The molecule has 1 aliphatic rings. The van der Waals surface area contributed by atoms with Crippen molar-refractivity contribution >= 4 is 16.9 Å². The molecular weight excluding hydrogens is 420 g/mol. The molecule has 4 aromatic rings. The van der Waals surface area contributed by atoms with Crippen LogP contribution in [0.3, 0.4) is 0 Å². The minimum atomic E-state index is 0.284. The number of imidazole rings is 1. The fourth-order valence-corrected chi connectivity index (χ4v) is 4.79. The first-order valence-electron chi connectivity index (χ1n) is 12.3. The van der Waals surface area contributed by atoms with E-state index in [-0.39, 0.29) is 5.91 Å². The first kappa shape index (κ1) is 22.4. The Morgan fingerprint density at radius 1 is 0.735 bits per heavy atom. The molecule has 0 saturated carbocycles. The quantitative estimate of drug-likeness (QED) is 0.387. The monoisotopic (exact) mass is 452 g/mol. The van der Waals surface area contributed by atoms with Crippen molar-refractivity contribution in [2.75, 3.05) is 26.2 Å². The average Bonchev–Trinajstić information content (AvgIpc) is 3.22. The molecule has 0 unspecified atom stereocenters. The van der Waals surface area contributed by atoms with Crippen molar-refractivity contribution in [2.24, 2.45) is 0 Å². The molecule has 0 radical (unpaired) electrons. The van der Waals surface area contributed by atoms with Gasteiger partial charge in [-0.2, -0.15) is 0 Å². The van der Waals surface area contributed by atoms with Crippen molar-refractivity contribution in [3.8, 4) is 0 Å². The Hall–Kier alpha value is -3.44. The number of hydrogen-bond acceptors (Lipinski definition) is 3. The number of carbonyl (C=O) groups excluding carboxylic acids is 1. The van der Waals surface area contributed by atoms with E-state index in [2.05, 4.69) is 82.3 Å². The molecule has 0 atom stereocenters. The van der Waals surface area contributed by atoms with Crippen LogP contribution in [-0.2, 0) is 24.3 Å². The smallest absolute Gasteiger partial charge is 0.222 e. The van der Waals surface area contributed by atoms with E-state index in [4.69, 9.17) is 4.98 Å². The molecule has 1 amide bonds. The molecule has 0 aliphatic carbocycles. The van der Waals surface area contributed by atoms with Gasteiger partial charge < -0.3 is 9.47 Å². The molecule has 1 fully saturated rings. The van der Waals surface area contributed by atoms with Gasteiger partial charge in [0.1, 0.15) is 5.82 Å². The van der Waals surface area contributed by atoms with Crippen LogP contribution >= 0.6 is 0 Å². The van der Waals surface area contributed by atoms with Crippen molar-refractivity contribution in [3.05, 3.63) is 102 Å². The van der Waals surface area contributed by atoms with Crippen LogP contribution in [0.1, 0.15) is 29.8 Å². The van der Waals surface area contributed by atoms with Crippen molar-refractivity contribution < 1.29 is 4.79 Å². The number of nitrogens with zero attached hydrogens (tertiary/aromatic N) is 4. The summed E-state index contributed by atoms with van der Waals surface area (Å²) in [4.78, 5) is 22.1. The van der Waals surface area contributed by atoms with Gasteiger partial charge >= 0.3 is 0 Å². The predicted octanol–water partition coefficient (Wildman–Crippen LogP) is 4.75. The standard InChI is InChI=1S/C29H32N4O/c34-29(17-9-14-24-10-3-1-4-11-24)32-20-18-31(19-21-32)23-28-30-26-15-7-8-16-27(26)33(28)22-25-12-5-2-6-13-25/h1-8,10-13,15-16H,9,14,17-23H2. The van der Waals surface area contributed by atoms with E-state index in [0.717, 1.165) is 63.5 Å². The Morgan fingerprint density at radius 3 is 2.12 bits per heavy atom. The highest BCUT2D eigenvalue weighted by atomic mass is 16.2. The van der Waals surface area contributed by atoms with Crippen LogP contribution in [0, 0.1) is 0 Å². The van der Waals surface area contributed by atoms with E-state index in [0.29, 0.717) is 6.42 Å². The second-order valence-corrected chi connectivity index (χ2v) is 9.08. The summed E-state index contributed by atoms with van der Waals surface area (Å²) in [5.41, 5.74) is 4.80. The molecule has 34 heavy (non-hydrogen) atoms. The summed E-state index contributed by atoms with van der Waals surface area (Å²) in [5.74, 6) is 1.37. The SMILES string of the molecule is O=C(CCCc1ccccc1)N1CCN(Cc2nc3ccccc3n2Cc2ccccc2)CC1. The lowest BCUT2D eigenvalue weighted by molar-refractivity contribution is -0.133. The van der Waals surface area contributed by atoms with E-state index in [1.807, 2.05) is 17.0 Å². The fourth-order valence-electron chi connectivity index (χ4n) is 4.79. The van der Waals surface area contributed by atoms with Crippen LogP contribution in [0.25, 0.3) is 11.0 Å². The highest BCUT2D eigenvalue weighted by Gasteiger charge is 2.22. The molecule has 2 heterocycles. The number of aromatic nitrogens is 2. The lowest BCUT2D eigenvalue weighted by Crippen LogP contribution is -2.48. The molecule has 3 aromatic carbocycles. The van der Waals surface area contributed by atoms with Crippen LogP contribution in [-0.4, -0.2) is 51.4 Å². The Labute approximate surface area is 201 Å². The summed E-state index contributed by atoms with van der Waals surface area (Å²) in [6.07, 6.45) is 2.50. The first-order valence-corrected chi connectivity index (χ1v) is 12.3. The minimum absolute atomic E-state index is 0.284. The van der Waals surface area contributed by atoms with E-state index < -0.39 is 0 Å². The van der Waals surface area contributed by atoms with Crippen molar-refractivity contribution in [3.63, 3.8) is 0 Å². The molecule has 0 spiro atoms. The minimum Gasteiger partial charge on any atom is -0.340 e. The van der Waals surface area contributed by atoms with Crippen LogP contribution in [0.4, 0.5) is 0 Å². The number of fused-ring (bicyclic) bond motifs is 1. The molecule has 1 saturated heterocycles. The van der Waals surface area contributed by atoms with Crippen LogP contribution < -0.4 is 0 Å². The van der Waals surface area contributed by atoms with Gasteiger partial charge in [0.2, 0.25) is 5.91 Å². The highest BCUT2D eigenvalue weighted by molar-refractivity contribution is 5.76. The molecule has 174 valence electrons. The maximum atomic E-state index is 12.7. The number of amides is 1. The van der Waals surface area contributed by atoms with Crippen molar-refractivity contribution in [2.45, 2.75) is 32.4 Å². The molecule has 5 heteroatoms. The zero-order chi connectivity index (χ0) is 23.2. The number of benzene rings is 3. The predicted molar refractivity (Wildman–Crippen MR) is 137 cm³/mol. The third-order valence-corrected chi connectivity index (χ3v) is 6.71. The number of para-hydroxylation sites is 2. The van der Waals surface area contributed by atoms with E-state index in [1.54, 1.807) is 0 Å². The van der Waals surface area contributed by atoms with Crippen LogP contribution in [0.15, 0.2) is 84.9 Å². The second kappa shape index (κ2) is 10.7. The van der Waals surface area contributed by atoms with Gasteiger partial charge in [-0.1, -0.05) is 72.8 Å². The summed E-state index contributed by atoms with van der Waals surface area (Å²) in [5, 5.41) is 0. The van der Waals surface area contributed by atoms with Crippen molar-refractivity contribution in [1.29, 1.82) is 0 Å². The molecule has 1 aliphatic heterocycles. The van der Waals surface area contributed by atoms with Gasteiger partial charge in [0.15, 0.2) is 0 Å². The lowest BCUT2D eigenvalue weighted by Gasteiger charge is -2.34. The highest BCUT2D eigenvalue weighted by Crippen LogP contribution is 2.20. The second-order valence-electron chi connectivity index (χ2n) is 9.08. The number of rotatable bonds is 8. The van der Waals surface area contributed by atoms with E-state index >= 15 is 0 Å². The summed E-state index contributed by atoms with van der Waals surface area (Å²) >= 11 is 0. The van der Waals surface area contributed by atoms with Gasteiger partial charge in [-0.15, -0.1) is 0 Å². The normalized spacial score (nSPS) is 14.5. The summed E-state index contributed by atoms with van der Waals surface area (Å²) in [7, 11) is 0. The first-order chi connectivity index (χ1) is 16.8. The Bertz CT molecular complexity index is 1210. The Kier molecular flexibility index (Phi) is 7.01.